The molecule has 3 heterocycles. The van der Waals surface area contributed by atoms with E-state index < -0.39 is 0 Å². The Bertz CT molecular complexity index is 944. The van der Waals surface area contributed by atoms with Crippen LogP contribution in [0.3, 0.4) is 0 Å². The van der Waals surface area contributed by atoms with Crippen LogP contribution in [0.4, 0.5) is 0 Å². The SMILES string of the molecule is Cc1ccc(-c2nnn(Cc3nc(-c4cccnc4)no3)n2)cc1. The van der Waals surface area contributed by atoms with Gasteiger partial charge in [-0.25, -0.2) is 0 Å². The highest BCUT2D eigenvalue weighted by Gasteiger charge is 2.12. The maximum Gasteiger partial charge on any atom is 0.250 e. The molecule has 0 saturated heterocycles. The number of aromatic nitrogens is 7. The van der Waals surface area contributed by atoms with Crippen molar-refractivity contribution in [3.05, 3.63) is 60.2 Å². The Morgan fingerprint density at radius 3 is 2.71 bits per heavy atom. The standard InChI is InChI=1S/C16H13N7O/c1-11-4-6-12(7-5-11)16-19-22-23(20-16)10-14-18-15(21-24-14)13-3-2-8-17-9-13/h2-9H,10H2,1H3. The molecule has 0 amide bonds. The molecule has 0 N–H and O–H groups in total. The Morgan fingerprint density at radius 2 is 1.92 bits per heavy atom. The maximum atomic E-state index is 5.24. The fourth-order valence-electron chi connectivity index (χ4n) is 2.18. The molecule has 0 spiro atoms. The predicted molar refractivity (Wildman–Crippen MR) is 84.6 cm³/mol. The fraction of sp³-hybridized carbons (Fsp3) is 0.125. The van der Waals surface area contributed by atoms with E-state index in [2.05, 4.69) is 30.5 Å². The van der Waals surface area contributed by atoms with Gasteiger partial charge in [0.1, 0.15) is 6.54 Å². The lowest BCUT2D eigenvalue weighted by Crippen LogP contribution is -2.04. The van der Waals surface area contributed by atoms with Gasteiger partial charge in [-0.05, 0) is 24.3 Å². The highest BCUT2D eigenvalue weighted by Crippen LogP contribution is 2.16. The summed E-state index contributed by atoms with van der Waals surface area (Å²) in [6.45, 7) is 2.29. The van der Waals surface area contributed by atoms with Crippen molar-refractivity contribution in [3.8, 4) is 22.8 Å². The van der Waals surface area contributed by atoms with Crippen molar-refractivity contribution in [2.24, 2.45) is 0 Å². The van der Waals surface area contributed by atoms with Crippen LogP contribution in [0.25, 0.3) is 22.8 Å². The van der Waals surface area contributed by atoms with E-state index in [1.165, 1.54) is 10.4 Å². The Morgan fingerprint density at radius 1 is 1.04 bits per heavy atom. The average molecular weight is 319 g/mol. The summed E-state index contributed by atoms with van der Waals surface area (Å²) in [6.07, 6.45) is 3.37. The molecule has 0 fully saturated rings. The highest BCUT2D eigenvalue weighted by atomic mass is 16.5. The third-order valence-electron chi connectivity index (χ3n) is 3.43. The molecule has 118 valence electrons. The zero-order chi connectivity index (χ0) is 16.4. The van der Waals surface area contributed by atoms with E-state index in [0.717, 1.165) is 11.1 Å². The fourth-order valence-corrected chi connectivity index (χ4v) is 2.18. The summed E-state index contributed by atoms with van der Waals surface area (Å²) in [6, 6.07) is 11.6. The summed E-state index contributed by atoms with van der Waals surface area (Å²) in [4.78, 5) is 9.79. The Hall–Kier alpha value is -3.42. The zero-order valence-electron chi connectivity index (χ0n) is 12.9. The van der Waals surface area contributed by atoms with E-state index in [1.54, 1.807) is 12.4 Å². The van der Waals surface area contributed by atoms with Crippen LogP contribution in [0.1, 0.15) is 11.5 Å². The second kappa shape index (κ2) is 5.99. The van der Waals surface area contributed by atoms with Gasteiger partial charge in [0.15, 0.2) is 0 Å². The second-order valence-corrected chi connectivity index (χ2v) is 5.26. The monoisotopic (exact) mass is 319 g/mol. The van der Waals surface area contributed by atoms with Gasteiger partial charge in [0, 0.05) is 23.5 Å². The van der Waals surface area contributed by atoms with Gasteiger partial charge < -0.3 is 4.52 Å². The van der Waals surface area contributed by atoms with Crippen molar-refractivity contribution >= 4 is 0 Å². The van der Waals surface area contributed by atoms with Gasteiger partial charge in [0.05, 0.1) is 0 Å². The smallest absolute Gasteiger partial charge is 0.250 e. The summed E-state index contributed by atoms with van der Waals surface area (Å²) in [5, 5.41) is 16.4. The van der Waals surface area contributed by atoms with Crippen LogP contribution < -0.4 is 0 Å². The van der Waals surface area contributed by atoms with Crippen LogP contribution in [-0.4, -0.2) is 35.3 Å². The van der Waals surface area contributed by atoms with Crippen molar-refractivity contribution in [2.75, 3.05) is 0 Å². The topological polar surface area (TPSA) is 95.4 Å². The molecule has 8 nitrogen and oxygen atoms in total. The van der Waals surface area contributed by atoms with Crippen molar-refractivity contribution in [1.29, 1.82) is 0 Å². The van der Waals surface area contributed by atoms with Crippen molar-refractivity contribution in [3.63, 3.8) is 0 Å². The Labute approximate surface area is 137 Å². The molecule has 0 atom stereocenters. The minimum atomic E-state index is 0.256. The van der Waals surface area contributed by atoms with Gasteiger partial charge in [-0.15, -0.1) is 10.2 Å². The van der Waals surface area contributed by atoms with Crippen molar-refractivity contribution in [2.45, 2.75) is 13.5 Å². The number of hydrogen-bond donors (Lipinski definition) is 0. The van der Waals surface area contributed by atoms with Crippen LogP contribution in [0.5, 0.6) is 0 Å². The first-order valence-electron chi connectivity index (χ1n) is 7.36. The predicted octanol–water partition coefficient (Wildman–Crippen LogP) is 2.14. The number of tetrazole rings is 1. The molecule has 8 heteroatoms. The summed E-state index contributed by atoms with van der Waals surface area (Å²) in [5.74, 6) is 1.45. The third-order valence-corrected chi connectivity index (χ3v) is 3.43. The minimum Gasteiger partial charge on any atom is -0.337 e. The largest absolute Gasteiger partial charge is 0.337 e. The van der Waals surface area contributed by atoms with Crippen LogP contribution >= 0.6 is 0 Å². The minimum absolute atomic E-state index is 0.256. The first kappa shape index (κ1) is 14.2. The first-order valence-corrected chi connectivity index (χ1v) is 7.36. The van der Waals surface area contributed by atoms with Gasteiger partial charge in [-0.2, -0.15) is 9.78 Å². The zero-order valence-corrected chi connectivity index (χ0v) is 12.9. The van der Waals surface area contributed by atoms with Crippen molar-refractivity contribution < 1.29 is 4.52 Å². The molecule has 4 aromatic rings. The average Bonchev–Trinajstić information content (AvgIpc) is 3.27. The van der Waals surface area contributed by atoms with E-state index in [-0.39, 0.29) is 6.54 Å². The lowest BCUT2D eigenvalue weighted by atomic mass is 10.1. The van der Waals surface area contributed by atoms with Gasteiger partial charge in [-0.3, -0.25) is 4.98 Å². The normalized spacial score (nSPS) is 10.9. The van der Waals surface area contributed by atoms with Crippen LogP contribution in [0, 0.1) is 6.92 Å². The highest BCUT2D eigenvalue weighted by molar-refractivity contribution is 5.54. The number of hydrogen-bond acceptors (Lipinski definition) is 7. The van der Waals surface area contributed by atoms with E-state index in [9.17, 15) is 0 Å². The van der Waals surface area contributed by atoms with Gasteiger partial charge in [-0.1, -0.05) is 35.0 Å². The molecule has 24 heavy (non-hydrogen) atoms. The van der Waals surface area contributed by atoms with Gasteiger partial charge in [0.25, 0.3) is 5.89 Å². The molecule has 0 aliphatic rings. The van der Waals surface area contributed by atoms with Crippen LogP contribution in [0.2, 0.25) is 0 Å². The molecule has 0 aliphatic heterocycles. The maximum absolute atomic E-state index is 5.24. The number of rotatable bonds is 4. The molecule has 0 bridgehead atoms. The molecular formula is C16H13N7O. The summed E-state index contributed by atoms with van der Waals surface area (Å²) >= 11 is 0. The lowest BCUT2D eigenvalue weighted by Gasteiger charge is -1.95. The number of aryl methyl sites for hydroxylation is 1. The van der Waals surface area contributed by atoms with Crippen LogP contribution in [0.15, 0.2) is 53.3 Å². The van der Waals surface area contributed by atoms with Crippen molar-refractivity contribution in [1.82, 2.24) is 35.3 Å². The summed E-state index contributed by atoms with van der Waals surface area (Å²) < 4.78 is 5.24. The summed E-state index contributed by atoms with van der Waals surface area (Å²) in [5.41, 5.74) is 2.88. The van der Waals surface area contributed by atoms with Crippen LogP contribution in [-0.2, 0) is 6.54 Å². The Balaban J connectivity index is 1.52. The number of nitrogens with zero attached hydrogens (tertiary/aromatic N) is 7. The molecule has 3 aromatic heterocycles. The number of benzene rings is 1. The molecule has 0 unspecified atom stereocenters. The van der Waals surface area contributed by atoms with Gasteiger partial charge in [0.2, 0.25) is 11.6 Å². The van der Waals surface area contributed by atoms with Gasteiger partial charge >= 0.3 is 0 Å². The van der Waals surface area contributed by atoms with E-state index in [1.807, 2.05) is 43.3 Å². The molecule has 0 aliphatic carbocycles. The molecule has 0 saturated carbocycles. The molecular weight excluding hydrogens is 306 g/mol. The Kier molecular flexibility index (Phi) is 3.54. The van der Waals surface area contributed by atoms with E-state index >= 15 is 0 Å². The second-order valence-electron chi connectivity index (χ2n) is 5.26. The molecule has 4 rings (SSSR count). The van der Waals surface area contributed by atoms with E-state index in [4.69, 9.17) is 4.52 Å². The first-order chi connectivity index (χ1) is 11.8. The number of pyridine rings is 1. The molecule has 1 aromatic carbocycles. The summed E-state index contributed by atoms with van der Waals surface area (Å²) in [7, 11) is 0. The third kappa shape index (κ3) is 2.89. The quantitative estimate of drug-likeness (QED) is 0.568. The van der Waals surface area contributed by atoms with E-state index in [0.29, 0.717) is 17.5 Å². The molecule has 0 radical (unpaired) electrons. The lowest BCUT2D eigenvalue weighted by molar-refractivity contribution is 0.356.